The summed E-state index contributed by atoms with van der Waals surface area (Å²) in [5.74, 6) is 0.297. The van der Waals surface area contributed by atoms with E-state index in [2.05, 4.69) is 15.2 Å². The van der Waals surface area contributed by atoms with Gasteiger partial charge in [-0.1, -0.05) is 30.4 Å². The van der Waals surface area contributed by atoms with E-state index in [4.69, 9.17) is 4.74 Å². The first kappa shape index (κ1) is 16.3. The lowest BCUT2D eigenvalue weighted by Crippen LogP contribution is -2.31. The summed E-state index contributed by atoms with van der Waals surface area (Å²) in [6, 6.07) is 6.28. The van der Waals surface area contributed by atoms with Gasteiger partial charge in [0.2, 0.25) is 5.91 Å². The molecule has 1 aromatic carbocycles. The van der Waals surface area contributed by atoms with Crippen LogP contribution in [-0.4, -0.2) is 45.7 Å². The number of H-pyrrole nitrogens is 1. The number of halogens is 1. The van der Waals surface area contributed by atoms with Crippen molar-refractivity contribution in [1.29, 1.82) is 0 Å². The van der Waals surface area contributed by atoms with Gasteiger partial charge in [-0.05, 0) is 6.07 Å². The Hall–Kier alpha value is -2.54. The number of aromatic amines is 1. The van der Waals surface area contributed by atoms with Crippen LogP contribution in [0.15, 0.2) is 36.7 Å². The average Bonchev–Trinajstić information content (AvgIpc) is 3.25. The lowest BCUT2D eigenvalue weighted by molar-refractivity contribution is -0.131. The number of methoxy groups -OCH3 is 1. The van der Waals surface area contributed by atoms with Gasteiger partial charge in [0, 0.05) is 32.1 Å². The Kier molecular flexibility index (Phi) is 5.00. The maximum absolute atomic E-state index is 13.6. The average molecular weight is 330 g/mol. The van der Waals surface area contributed by atoms with Crippen LogP contribution in [0.4, 0.5) is 4.39 Å². The summed E-state index contributed by atoms with van der Waals surface area (Å²) >= 11 is 0. The Bertz CT molecular complexity index is 717. The molecular weight excluding hydrogens is 311 g/mol. The Morgan fingerprint density at radius 3 is 3.04 bits per heavy atom. The van der Waals surface area contributed by atoms with Crippen LogP contribution in [-0.2, 0) is 9.53 Å². The maximum Gasteiger partial charge on any atom is 0.227 e. The van der Waals surface area contributed by atoms with Crippen molar-refractivity contribution in [2.75, 3.05) is 13.7 Å². The summed E-state index contributed by atoms with van der Waals surface area (Å²) in [7, 11) is 1.63. The summed E-state index contributed by atoms with van der Waals surface area (Å²) in [4.78, 5) is 18.4. The van der Waals surface area contributed by atoms with Crippen molar-refractivity contribution in [3.8, 4) is 0 Å². The van der Waals surface area contributed by atoms with Gasteiger partial charge in [-0.15, -0.1) is 0 Å². The van der Waals surface area contributed by atoms with Crippen molar-refractivity contribution in [3.63, 3.8) is 0 Å². The van der Waals surface area contributed by atoms with Crippen LogP contribution >= 0.6 is 0 Å². The molecule has 24 heavy (non-hydrogen) atoms. The van der Waals surface area contributed by atoms with E-state index in [9.17, 15) is 9.18 Å². The topological polar surface area (TPSA) is 71.1 Å². The smallest absolute Gasteiger partial charge is 0.227 e. The third-order valence-electron chi connectivity index (χ3n) is 4.16. The largest absolute Gasteiger partial charge is 0.380 e. The molecule has 2 atom stereocenters. The van der Waals surface area contributed by atoms with Crippen molar-refractivity contribution in [2.24, 2.45) is 0 Å². The third-order valence-corrected chi connectivity index (χ3v) is 4.16. The fourth-order valence-corrected chi connectivity index (χ4v) is 2.89. The van der Waals surface area contributed by atoms with Gasteiger partial charge in [-0.2, -0.15) is 5.10 Å². The second-order valence-electron chi connectivity index (χ2n) is 5.65. The Labute approximate surface area is 139 Å². The summed E-state index contributed by atoms with van der Waals surface area (Å²) in [5.41, 5.74) is 0.466. The van der Waals surface area contributed by atoms with Crippen LogP contribution in [0.3, 0.4) is 0 Å². The molecule has 0 radical (unpaired) electrons. The van der Waals surface area contributed by atoms with E-state index in [-0.39, 0.29) is 30.3 Å². The summed E-state index contributed by atoms with van der Waals surface area (Å²) in [6.45, 7) is 0.508. The first-order valence-corrected chi connectivity index (χ1v) is 7.77. The molecule has 0 aliphatic carbocycles. The first-order valence-electron chi connectivity index (χ1n) is 7.77. The predicted molar refractivity (Wildman–Crippen MR) is 86.3 cm³/mol. The normalized spacial score (nSPS) is 20.8. The Balaban J connectivity index is 1.68. The van der Waals surface area contributed by atoms with Gasteiger partial charge in [0.1, 0.15) is 18.0 Å². The van der Waals surface area contributed by atoms with E-state index in [0.29, 0.717) is 24.4 Å². The van der Waals surface area contributed by atoms with E-state index >= 15 is 0 Å². The van der Waals surface area contributed by atoms with Gasteiger partial charge < -0.3 is 9.64 Å². The van der Waals surface area contributed by atoms with Crippen LogP contribution in [0, 0.1) is 5.82 Å². The molecule has 1 aliphatic rings. The molecule has 0 bridgehead atoms. The number of aromatic nitrogens is 3. The fraction of sp³-hybridized carbons (Fsp3) is 0.353. The van der Waals surface area contributed by atoms with Crippen molar-refractivity contribution >= 4 is 12.0 Å². The van der Waals surface area contributed by atoms with Gasteiger partial charge in [0.25, 0.3) is 0 Å². The maximum atomic E-state index is 13.6. The second kappa shape index (κ2) is 7.35. The highest BCUT2D eigenvalue weighted by Crippen LogP contribution is 2.31. The number of hydrogen-bond acceptors (Lipinski definition) is 4. The monoisotopic (exact) mass is 330 g/mol. The van der Waals surface area contributed by atoms with E-state index in [1.54, 1.807) is 42.4 Å². The number of rotatable bonds is 5. The number of carbonyl (C=O) groups is 1. The predicted octanol–water partition coefficient (Wildman–Crippen LogP) is 2.34. The zero-order valence-corrected chi connectivity index (χ0v) is 13.4. The van der Waals surface area contributed by atoms with Gasteiger partial charge in [0.15, 0.2) is 0 Å². The lowest BCUT2D eigenvalue weighted by atomic mass is 10.1. The van der Waals surface area contributed by atoms with Crippen LogP contribution in [0.1, 0.15) is 30.3 Å². The molecule has 1 aliphatic heterocycles. The highest BCUT2D eigenvalue weighted by molar-refractivity contribution is 5.79. The van der Waals surface area contributed by atoms with Gasteiger partial charge >= 0.3 is 0 Å². The number of nitrogens with zero attached hydrogens (tertiary/aromatic N) is 3. The second-order valence-corrected chi connectivity index (χ2v) is 5.65. The summed E-state index contributed by atoms with van der Waals surface area (Å²) in [6.07, 6.45) is 5.57. The van der Waals surface area contributed by atoms with Crippen LogP contribution < -0.4 is 0 Å². The molecule has 1 amide bonds. The fourth-order valence-electron chi connectivity index (χ4n) is 2.89. The molecular formula is C17H19FN4O2. The molecule has 1 aromatic heterocycles. The first-order chi connectivity index (χ1) is 11.7. The van der Waals surface area contributed by atoms with Crippen molar-refractivity contribution in [3.05, 3.63) is 53.9 Å². The number of amides is 1. The molecule has 1 fully saturated rings. The molecule has 2 aromatic rings. The van der Waals surface area contributed by atoms with Gasteiger partial charge in [-0.25, -0.2) is 9.37 Å². The highest BCUT2D eigenvalue weighted by Gasteiger charge is 2.37. The minimum atomic E-state index is -0.304. The van der Waals surface area contributed by atoms with E-state index in [0.717, 1.165) is 0 Å². The number of ether oxygens (including phenoxy) is 1. The van der Waals surface area contributed by atoms with Gasteiger partial charge in [0.05, 0.1) is 12.1 Å². The molecule has 7 heteroatoms. The summed E-state index contributed by atoms with van der Waals surface area (Å²) in [5, 5.41) is 6.67. The molecule has 0 unspecified atom stereocenters. The van der Waals surface area contributed by atoms with Crippen LogP contribution in [0.5, 0.6) is 0 Å². The Morgan fingerprint density at radius 2 is 2.33 bits per heavy atom. The van der Waals surface area contributed by atoms with Crippen molar-refractivity contribution < 1.29 is 13.9 Å². The Morgan fingerprint density at radius 1 is 1.50 bits per heavy atom. The molecule has 1 N–H and O–H groups in total. The van der Waals surface area contributed by atoms with Crippen LogP contribution in [0.25, 0.3) is 6.08 Å². The molecule has 3 rings (SSSR count). The number of carbonyl (C=O) groups excluding carboxylic acids is 1. The summed E-state index contributed by atoms with van der Waals surface area (Å²) < 4.78 is 19.0. The molecule has 1 saturated heterocycles. The number of hydrogen-bond donors (Lipinski definition) is 1. The number of nitrogens with one attached hydrogen (secondary N) is 1. The molecule has 2 heterocycles. The SMILES string of the molecule is CO[C@@H]1C[C@@H](c2ncn[nH]2)N(C(=O)C/C=C/c2ccccc2F)C1. The van der Waals surface area contributed by atoms with Gasteiger partial charge in [-0.3, -0.25) is 9.89 Å². The minimum Gasteiger partial charge on any atom is -0.380 e. The van der Waals surface area contributed by atoms with E-state index < -0.39 is 0 Å². The van der Waals surface area contributed by atoms with Crippen LogP contribution in [0.2, 0.25) is 0 Å². The van der Waals surface area contributed by atoms with Crippen molar-refractivity contribution in [1.82, 2.24) is 20.1 Å². The molecule has 0 saturated carbocycles. The number of benzene rings is 1. The quantitative estimate of drug-likeness (QED) is 0.913. The zero-order chi connectivity index (χ0) is 16.9. The molecule has 6 nitrogen and oxygen atoms in total. The third kappa shape index (κ3) is 3.51. The lowest BCUT2D eigenvalue weighted by Gasteiger charge is -2.22. The highest BCUT2D eigenvalue weighted by atomic mass is 19.1. The standard InChI is InChI=1S/C17H19FN4O2/c1-24-13-9-15(17-19-11-20-21-17)22(10-13)16(23)8-4-6-12-5-2-3-7-14(12)18/h2-7,11,13,15H,8-10H2,1H3,(H,19,20,21)/b6-4+/t13-,15+/m1/s1. The van der Waals surface area contributed by atoms with Crippen molar-refractivity contribution in [2.45, 2.75) is 25.0 Å². The molecule has 0 spiro atoms. The molecule has 126 valence electrons. The van der Waals surface area contributed by atoms with E-state index in [1.165, 1.54) is 12.4 Å². The minimum absolute atomic E-state index is 0.0282. The number of likely N-dealkylation sites (tertiary alicyclic amines) is 1. The zero-order valence-electron chi connectivity index (χ0n) is 13.4. The van der Waals surface area contributed by atoms with E-state index in [1.807, 2.05) is 0 Å².